The number of carboxylic acids is 1. The van der Waals surface area contributed by atoms with Crippen molar-refractivity contribution in [2.24, 2.45) is 5.92 Å². The van der Waals surface area contributed by atoms with Gasteiger partial charge in [0.2, 0.25) is 0 Å². The number of carboxylic acid groups (broad SMARTS) is 1. The summed E-state index contributed by atoms with van der Waals surface area (Å²) in [5.41, 5.74) is 0.0931. The summed E-state index contributed by atoms with van der Waals surface area (Å²) in [6, 6.07) is -1.03. The monoisotopic (exact) mass is 337 g/mol. The first kappa shape index (κ1) is 17.1. The highest BCUT2D eigenvalue weighted by Crippen LogP contribution is 2.18. The zero-order valence-electron chi connectivity index (χ0n) is 13.4. The Bertz CT molecular complexity index is 822. The minimum absolute atomic E-state index is 0.0971. The predicted octanol–water partition coefficient (Wildman–Crippen LogP) is 1.60. The Morgan fingerprint density at radius 1 is 1.39 bits per heavy atom. The van der Waals surface area contributed by atoms with Crippen molar-refractivity contribution in [1.82, 2.24) is 14.7 Å². The molecule has 1 unspecified atom stereocenters. The smallest absolute Gasteiger partial charge is 0.326 e. The zero-order chi connectivity index (χ0) is 17.3. The normalized spacial score (nSPS) is 12.6. The highest BCUT2D eigenvalue weighted by molar-refractivity contribution is 7.17. The minimum atomic E-state index is -1.12. The highest BCUT2D eigenvalue weighted by Gasteiger charge is 2.24. The zero-order valence-corrected chi connectivity index (χ0v) is 14.2. The first-order valence-corrected chi connectivity index (χ1v) is 8.05. The van der Waals surface area contributed by atoms with Crippen LogP contribution in [0.3, 0.4) is 0 Å². The first-order chi connectivity index (χ1) is 10.7. The van der Waals surface area contributed by atoms with Crippen molar-refractivity contribution in [3.05, 3.63) is 32.7 Å². The van der Waals surface area contributed by atoms with Crippen LogP contribution in [0.1, 0.15) is 41.2 Å². The molecule has 0 fully saturated rings. The molecule has 0 saturated carbocycles. The van der Waals surface area contributed by atoms with E-state index in [2.05, 4.69) is 10.3 Å². The van der Waals surface area contributed by atoms with Gasteiger partial charge in [0.05, 0.1) is 0 Å². The Balaban J connectivity index is 2.38. The molecule has 0 aromatic carbocycles. The molecule has 0 aliphatic rings. The molecule has 8 heteroatoms. The van der Waals surface area contributed by atoms with Crippen LogP contribution in [0, 0.1) is 19.8 Å². The van der Waals surface area contributed by atoms with Crippen molar-refractivity contribution in [3.8, 4) is 0 Å². The number of carbonyl (C=O) groups is 2. The van der Waals surface area contributed by atoms with E-state index in [0.29, 0.717) is 4.96 Å². The van der Waals surface area contributed by atoms with E-state index in [4.69, 9.17) is 0 Å². The van der Waals surface area contributed by atoms with E-state index in [-0.39, 0.29) is 17.9 Å². The van der Waals surface area contributed by atoms with Crippen LogP contribution in [0.15, 0.2) is 11.0 Å². The lowest BCUT2D eigenvalue weighted by Crippen LogP contribution is -2.43. The molecule has 1 atom stereocenters. The maximum Gasteiger partial charge on any atom is 0.326 e. The first-order valence-electron chi connectivity index (χ1n) is 7.23. The fourth-order valence-electron chi connectivity index (χ4n) is 2.26. The van der Waals surface area contributed by atoms with Crippen LogP contribution in [0.4, 0.5) is 0 Å². The number of rotatable bonds is 5. The van der Waals surface area contributed by atoms with Gasteiger partial charge in [-0.3, -0.25) is 14.0 Å². The lowest BCUT2D eigenvalue weighted by atomic mass is 10.0. The van der Waals surface area contributed by atoms with Gasteiger partial charge in [0.25, 0.3) is 11.5 Å². The van der Waals surface area contributed by atoms with Crippen molar-refractivity contribution in [1.29, 1.82) is 0 Å². The van der Waals surface area contributed by atoms with Crippen molar-refractivity contribution >= 4 is 28.2 Å². The Hall–Kier alpha value is -2.22. The van der Waals surface area contributed by atoms with Crippen LogP contribution < -0.4 is 10.9 Å². The van der Waals surface area contributed by atoms with Crippen molar-refractivity contribution < 1.29 is 14.7 Å². The van der Waals surface area contributed by atoms with Gasteiger partial charge in [0.15, 0.2) is 4.96 Å². The third kappa shape index (κ3) is 3.42. The van der Waals surface area contributed by atoms with E-state index in [0.717, 1.165) is 10.6 Å². The average molecular weight is 337 g/mol. The lowest BCUT2D eigenvalue weighted by Gasteiger charge is -2.16. The summed E-state index contributed by atoms with van der Waals surface area (Å²) in [7, 11) is 0. The van der Waals surface area contributed by atoms with E-state index in [9.17, 15) is 19.5 Å². The van der Waals surface area contributed by atoms with Gasteiger partial charge in [0.1, 0.15) is 11.6 Å². The molecule has 2 N–H and O–H groups in total. The number of amides is 1. The third-order valence-corrected chi connectivity index (χ3v) is 4.65. The van der Waals surface area contributed by atoms with Gasteiger partial charge in [-0.2, -0.15) is 0 Å². The molecule has 0 aliphatic heterocycles. The van der Waals surface area contributed by atoms with E-state index < -0.39 is 23.5 Å². The summed E-state index contributed by atoms with van der Waals surface area (Å²) in [6.45, 7) is 7.38. The van der Waals surface area contributed by atoms with E-state index in [1.54, 1.807) is 6.92 Å². The number of thiazole rings is 1. The standard InChI is InChI=1S/C15H19N3O4S/c1-7(2)5-11(14(21)22)17-12(19)10-6-16-15-18(13(10)20)8(3)9(4)23-15/h6-7,11H,5H2,1-4H3,(H,17,19)(H,21,22). The van der Waals surface area contributed by atoms with Crippen molar-refractivity contribution in [3.63, 3.8) is 0 Å². The molecule has 0 bridgehead atoms. The third-order valence-electron chi connectivity index (χ3n) is 3.57. The maximum atomic E-state index is 12.5. The van der Waals surface area contributed by atoms with E-state index in [1.807, 2.05) is 20.8 Å². The number of hydrogen-bond acceptors (Lipinski definition) is 5. The van der Waals surface area contributed by atoms with Crippen molar-refractivity contribution in [2.75, 3.05) is 0 Å². The van der Waals surface area contributed by atoms with Gasteiger partial charge in [-0.15, -0.1) is 11.3 Å². The van der Waals surface area contributed by atoms with Gasteiger partial charge in [-0.1, -0.05) is 13.8 Å². The number of aliphatic carboxylic acids is 1. The summed E-state index contributed by atoms with van der Waals surface area (Å²) < 4.78 is 1.38. The topological polar surface area (TPSA) is 101 Å². The molecular formula is C15H19N3O4S. The summed E-state index contributed by atoms with van der Waals surface area (Å²) >= 11 is 1.37. The molecule has 0 radical (unpaired) electrons. The van der Waals surface area contributed by atoms with Crippen LogP contribution in [0.2, 0.25) is 0 Å². The van der Waals surface area contributed by atoms with E-state index in [1.165, 1.54) is 21.9 Å². The van der Waals surface area contributed by atoms with Crippen LogP contribution in [-0.4, -0.2) is 32.4 Å². The van der Waals surface area contributed by atoms with Crippen molar-refractivity contribution in [2.45, 2.75) is 40.2 Å². The molecule has 7 nitrogen and oxygen atoms in total. The maximum absolute atomic E-state index is 12.5. The lowest BCUT2D eigenvalue weighted by molar-refractivity contribution is -0.139. The number of nitrogens with zero attached hydrogens (tertiary/aromatic N) is 2. The van der Waals surface area contributed by atoms with Crippen LogP contribution in [0.25, 0.3) is 4.96 Å². The number of aromatic nitrogens is 2. The molecule has 2 heterocycles. The average Bonchev–Trinajstić information content (AvgIpc) is 2.73. The quantitative estimate of drug-likeness (QED) is 0.863. The summed E-state index contributed by atoms with van der Waals surface area (Å²) in [5, 5.41) is 11.6. The number of nitrogens with one attached hydrogen (secondary N) is 1. The van der Waals surface area contributed by atoms with Gasteiger partial charge >= 0.3 is 5.97 Å². The van der Waals surface area contributed by atoms with Crippen LogP contribution in [0.5, 0.6) is 0 Å². The van der Waals surface area contributed by atoms with Gasteiger partial charge in [0, 0.05) is 16.8 Å². The summed E-state index contributed by atoms with van der Waals surface area (Å²) in [5.74, 6) is -1.74. The molecule has 2 aromatic rings. The Labute approximate surface area is 137 Å². The molecule has 23 heavy (non-hydrogen) atoms. The molecule has 1 amide bonds. The molecule has 2 aromatic heterocycles. The minimum Gasteiger partial charge on any atom is -0.480 e. The van der Waals surface area contributed by atoms with E-state index >= 15 is 0 Å². The summed E-state index contributed by atoms with van der Waals surface area (Å²) in [6.07, 6.45) is 1.49. The Morgan fingerprint density at radius 2 is 2.04 bits per heavy atom. The molecule has 124 valence electrons. The largest absolute Gasteiger partial charge is 0.480 e. The molecular weight excluding hydrogens is 318 g/mol. The Kier molecular flexibility index (Phi) is 4.84. The summed E-state index contributed by atoms with van der Waals surface area (Å²) in [4.78, 5) is 41.6. The van der Waals surface area contributed by atoms with Gasteiger partial charge in [-0.25, -0.2) is 9.78 Å². The Morgan fingerprint density at radius 3 is 2.61 bits per heavy atom. The molecule has 0 spiro atoms. The number of fused-ring (bicyclic) bond motifs is 1. The SMILES string of the molecule is Cc1sc2ncc(C(=O)NC(CC(C)C)C(=O)O)c(=O)n2c1C. The number of hydrogen-bond donors (Lipinski definition) is 2. The van der Waals surface area contributed by atoms with Crippen LogP contribution >= 0.6 is 11.3 Å². The van der Waals surface area contributed by atoms with Gasteiger partial charge in [-0.05, 0) is 26.2 Å². The fourth-order valence-corrected chi connectivity index (χ4v) is 3.19. The number of aryl methyl sites for hydroxylation is 2. The second-order valence-electron chi connectivity index (χ2n) is 5.83. The van der Waals surface area contributed by atoms with Gasteiger partial charge < -0.3 is 10.4 Å². The van der Waals surface area contributed by atoms with Crippen LogP contribution in [-0.2, 0) is 4.79 Å². The molecule has 0 aliphatic carbocycles. The second-order valence-corrected chi connectivity index (χ2v) is 7.01. The highest BCUT2D eigenvalue weighted by atomic mass is 32.1. The predicted molar refractivity (Wildman–Crippen MR) is 87.2 cm³/mol. The second kappa shape index (κ2) is 6.49. The molecule has 0 saturated heterocycles. The number of carbonyl (C=O) groups excluding carboxylic acids is 1. The fraction of sp³-hybridized carbons (Fsp3) is 0.467. The molecule has 2 rings (SSSR count).